The monoisotopic (exact) mass is 286 g/mol. The average molecular weight is 287 g/mol. The van der Waals surface area contributed by atoms with Crippen LogP contribution in [0.5, 0.6) is 0 Å². The van der Waals surface area contributed by atoms with Gasteiger partial charge in [0.25, 0.3) is 0 Å². The van der Waals surface area contributed by atoms with Crippen molar-refractivity contribution in [2.24, 2.45) is 0 Å². The number of rotatable bonds is 3. The number of carboxylic acid groups (broad SMARTS) is 1. The Bertz CT molecular complexity index is 571. The number of aromatic carboxylic acids is 1. The number of carboxylic acids is 1. The Balaban J connectivity index is 2.28. The topological polar surface area (TPSA) is 63.1 Å². The third-order valence-corrected chi connectivity index (χ3v) is 4.04. The third kappa shape index (κ3) is 2.96. The molecule has 0 fully saturated rings. The van der Waals surface area contributed by atoms with Gasteiger partial charge >= 0.3 is 5.97 Å². The molecule has 0 spiro atoms. The second-order valence-corrected chi connectivity index (χ2v) is 5.64. The van der Waals surface area contributed by atoms with Crippen LogP contribution in [0.15, 0.2) is 27.4 Å². The summed E-state index contributed by atoms with van der Waals surface area (Å²) in [6, 6.07) is 4.86. The van der Waals surface area contributed by atoms with E-state index in [1.807, 2.05) is 6.92 Å². The van der Waals surface area contributed by atoms with Crippen molar-refractivity contribution < 1.29 is 9.90 Å². The molecule has 88 valence electrons. The summed E-state index contributed by atoms with van der Waals surface area (Å²) in [5, 5.41) is 9.17. The van der Waals surface area contributed by atoms with Gasteiger partial charge in [0.1, 0.15) is 5.82 Å². The molecule has 2 rings (SSSR count). The van der Waals surface area contributed by atoms with Gasteiger partial charge in [-0.15, -0.1) is 0 Å². The van der Waals surface area contributed by atoms with Crippen molar-refractivity contribution >= 4 is 40.9 Å². The molecule has 0 aliphatic heterocycles. The van der Waals surface area contributed by atoms with Crippen LogP contribution in [0.1, 0.15) is 16.2 Å². The van der Waals surface area contributed by atoms with E-state index in [0.29, 0.717) is 5.82 Å². The average Bonchev–Trinajstić information content (AvgIpc) is 2.66. The van der Waals surface area contributed by atoms with Crippen molar-refractivity contribution in [2.45, 2.75) is 16.2 Å². The normalized spacial score (nSPS) is 10.5. The summed E-state index contributed by atoms with van der Waals surface area (Å²) in [5.74, 6) is -0.323. The highest BCUT2D eigenvalue weighted by Gasteiger charge is 2.11. The van der Waals surface area contributed by atoms with Crippen molar-refractivity contribution in [2.75, 3.05) is 0 Å². The number of hydrogen-bond acceptors (Lipinski definition) is 5. The van der Waals surface area contributed by atoms with Crippen molar-refractivity contribution in [3.05, 3.63) is 34.6 Å². The molecule has 0 aliphatic carbocycles. The summed E-state index contributed by atoms with van der Waals surface area (Å²) in [6.07, 6.45) is 0. The van der Waals surface area contributed by atoms with Crippen LogP contribution in [0.25, 0.3) is 0 Å². The quantitative estimate of drug-likeness (QED) is 0.937. The first kappa shape index (κ1) is 12.3. The molecule has 0 amide bonds. The first-order valence-electron chi connectivity index (χ1n) is 4.57. The Hall–Kier alpha value is -1.11. The Morgan fingerprint density at radius 1 is 1.53 bits per heavy atom. The predicted molar refractivity (Wildman–Crippen MR) is 67.2 cm³/mol. The van der Waals surface area contributed by atoms with Gasteiger partial charge in [0.2, 0.25) is 0 Å². The van der Waals surface area contributed by atoms with Crippen LogP contribution in [0.4, 0.5) is 0 Å². The zero-order valence-electron chi connectivity index (χ0n) is 8.68. The highest BCUT2D eigenvalue weighted by atomic mass is 35.5. The fourth-order valence-electron chi connectivity index (χ4n) is 1.15. The number of aryl methyl sites for hydroxylation is 1. The van der Waals surface area contributed by atoms with Gasteiger partial charge in [-0.3, -0.25) is 0 Å². The summed E-state index contributed by atoms with van der Waals surface area (Å²) in [4.78, 5) is 15.9. The Labute approximate surface area is 111 Å². The minimum absolute atomic E-state index is 0.0953. The molecule has 0 bridgehead atoms. The number of hydrogen-bond donors (Lipinski definition) is 1. The lowest BCUT2D eigenvalue weighted by Crippen LogP contribution is -1.97. The van der Waals surface area contributed by atoms with E-state index >= 15 is 0 Å². The molecule has 4 nitrogen and oxygen atoms in total. The molecular weight excluding hydrogens is 280 g/mol. The molecule has 0 saturated carbocycles. The number of halogens is 1. The lowest BCUT2D eigenvalue weighted by molar-refractivity contribution is 0.0697. The number of carbonyl (C=O) groups is 1. The van der Waals surface area contributed by atoms with Crippen LogP contribution in [-0.2, 0) is 0 Å². The maximum atomic E-state index is 10.9. The van der Waals surface area contributed by atoms with Crippen molar-refractivity contribution in [1.82, 2.24) is 9.36 Å². The zero-order valence-corrected chi connectivity index (χ0v) is 11.1. The summed E-state index contributed by atoms with van der Waals surface area (Å²) >= 11 is 8.44. The van der Waals surface area contributed by atoms with E-state index in [1.165, 1.54) is 29.4 Å². The van der Waals surface area contributed by atoms with E-state index in [0.717, 1.165) is 9.24 Å². The van der Waals surface area contributed by atoms with Gasteiger partial charge in [-0.05, 0) is 36.7 Å². The van der Waals surface area contributed by atoms with Crippen molar-refractivity contribution in [3.63, 3.8) is 0 Å². The first-order chi connectivity index (χ1) is 8.06. The Morgan fingerprint density at radius 3 is 2.88 bits per heavy atom. The van der Waals surface area contributed by atoms with Crippen LogP contribution in [-0.4, -0.2) is 20.4 Å². The van der Waals surface area contributed by atoms with Crippen LogP contribution < -0.4 is 0 Å². The van der Waals surface area contributed by atoms with Crippen LogP contribution in [0.2, 0.25) is 5.02 Å². The summed E-state index contributed by atoms with van der Waals surface area (Å²) in [5.41, 5.74) is 0.0953. The van der Waals surface area contributed by atoms with Gasteiger partial charge in [-0.1, -0.05) is 23.4 Å². The molecule has 1 aromatic heterocycles. The van der Waals surface area contributed by atoms with Gasteiger partial charge in [0.05, 0.1) is 10.6 Å². The lowest BCUT2D eigenvalue weighted by Gasteiger charge is -2.01. The number of aromatic nitrogens is 2. The van der Waals surface area contributed by atoms with E-state index in [9.17, 15) is 4.79 Å². The highest BCUT2D eigenvalue weighted by molar-refractivity contribution is 8.01. The molecule has 2 aromatic rings. The number of benzene rings is 1. The molecule has 1 N–H and O–H groups in total. The zero-order chi connectivity index (χ0) is 12.4. The molecule has 17 heavy (non-hydrogen) atoms. The minimum Gasteiger partial charge on any atom is -0.478 e. The Morgan fingerprint density at radius 2 is 2.29 bits per heavy atom. The molecule has 1 aromatic carbocycles. The molecule has 0 atom stereocenters. The third-order valence-electron chi connectivity index (χ3n) is 1.88. The lowest BCUT2D eigenvalue weighted by atomic mass is 10.2. The smallest absolute Gasteiger partial charge is 0.337 e. The Kier molecular flexibility index (Phi) is 3.66. The summed E-state index contributed by atoms with van der Waals surface area (Å²) in [7, 11) is 0. The van der Waals surface area contributed by atoms with Gasteiger partial charge in [-0.25, -0.2) is 9.78 Å². The second-order valence-electron chi connectivity index (χ2n) is 3.16. The second kappa shape index (κ2) is 5.03. The fraction of sp³-hybridized carbons (Fsp3) is 0.100. The van der Waals surface area contributed by atoms with E-state index in [-0.39, 0.29) is 10.6 Å². The molecule has 0 radical (unpaired) electrons. The number of nitrogens with zero attached hydrogens (tertiary/aromatic N) is 2. The van der Waals surface area contributed by atoms with E-state index in [4.69, 9.17) is 16.7 Å². The molecule has 1 heterocycles. The largest absolute Gasteiger partial charge is 0.478 e. The van der Waals surface area contributed by atoms with E-state index in [2.05, 4.69) is 9.36 Å². The molecule has 7 heteroatoms. The standard InChI is InChI=1S/C10H7ClN2O2S2/c1-5-12-10(17-13-5)16-6-2-3-8(11)7(4-6)9(14)15/h2-4H,1H3,(H,14,15). The van der Waals surface area contributed by atoms with E-state index in [1.54, 1.807) is 12.1 Å². The summed E-state index contributed by atoms with van der Waals surface area (Å²) in [6.45, 7) is 1.81. The SMILES string of the molecule is Cc1nsc(Sc2ccc(Cl)c(C(=O)O)c2)n1. The van der Waals surface area contributed by atoms with Crippen molar-refractivity contribution in [1.29, 1.82) is 0 Å². The highest BCUT2D eigenvalue weighted by Crippen LogP contribution is 2.31. The predicted octanol–water partition coefficient (Wildman–Crippen LogP) is 3.35. The maximum absolute atomic E-state index is 10.9. The summed E-state index contributed by atoms with van der Waals surface area (Å²) < 4.78 is 4.83. The van der Waals surface area contributed by atoms with Crippen molar-refractivity contribution in [3.8, 4) is 0 Å². The van der Waals surface area contributed by atoms with Gasteiger partial charge in [0, 0.05) is 4.90 Å². The molecule has 0 unspecified atom stereocenters. The first-order valence-corrected chi connectivity index (χ1v) is 6.54. The van der Waals surface area contributed by atoms with Crippen LogP contribution in [0, 0.1) is 6.92 Å². The molecule has 0 saturated heterocycles. The van der Waals surface area contributed by atoms with Gasteiger partial charge < -0.3 is 5.11 Å². The van der Waals surface area contributed by atoms with Crippen LogP contribution in [0.3, 0.4) is 0 Å². The maximum Gasteiger partial charge on any atom is 0.337 e. The minimum atomic E-state index is -1.04. The fourth-order valence-corrected chi connectivity index (χ4v) is 3.02. The molecular formula is C10H7ClN2O2S2. The molecule has 0 aliphatic rings. The van der Waals surface area contributed by atoms with Gasteiger partial charge in [-0.2, -0.15) is 4.37 Å². The van der Waals surface area contributed by atoms with Crippen LogP contribution >= 0.6 is 34.9 Å². The van der Waals surface area contributed by atoms with E-state index < -0.39 is 5.97 Å². The van der Waals surface area contributed by atoms with Gasteiger partial charge in [0.15, 0.2) is 4.34 Å².